The second-order valence-electron chi connectivity index (χ2n) is 16.4. The first-order valence-corrected chi connectivity index (χ1v) is 16.6. The van der Waals surface area contributed by atoms with Crippen molar-refractivity contribution in [2.45, 2.75) is 99.3 Å². The van der Waals surface area contributed by atoms with Crippen LogP contribution in [0.15, 0.2) is 47.7 Å². The number of allylic oxidation sites excluding steroid dienone is 3. The highest BCUT2D eigenvalue weighted by Gasteiger charge is 2.70. The molecule has 4 fully saturated rings. The van der Waals surface area contributed by atoms with Gasteiger partial charge < -0.3 is 4.74 Å². The van der Waals surface area contributed by atoms with Gasteiger partial charge >= 0.3 is 5.97 Å². The molecule has 4 heteroatoms. The van der Waals surface area contributed by atoms with Crippen LogP contribution >= 0.6 is 0 Å². The van der Waals surface area contributed by atoms with Crippen molar-refractivity contribution < 1.29 is 9.53 Å². The third-order valence-corrected chi connectivity index (χ3v) is 14.8. The summed E-state index contributed by atoms with van der Waals surface area (Å²) in [6.45, 7) is 20.1. The van der Waals surface area contributed by atoms with E-state index in [0.29, 0.717) is 41.7 Å². The highest BCUT2D eigenvalue weighted by molar-refractivity contribution is 5.89. The van der Waals surface area contributed by atoms with E-state index in [0.717, 1.165) is 19.3 Å². The Morgan fingerprint density at radius 1 is 0.929 bits per heavy atom. The Kier molecular flexibility index (Phi) is 7.03. The number of esters is 1. The molecule has 0 aromatic heterocycles. The molecule has 0 aliphatic heterocycles. The number of fused-ring (bicyclic) bond motifs is 7. The molecular formula is C38H53NO3. The summed E-state index contributed by atoms with van der Waals surface area (Å²) in [7, 11) is 1.44. The molecule has 0 N–H and O–H groups in total. The van der Waals surface area contributed by atoms with Crippen LogP contribution in [0.1, 0.15) is 115 Å². The van der Waals surface area contributed by atoms with Gasteiger partial charge in [-0.25, -0.2) is 4.79 Å². The van der Waals surface area contributed by atoms with Gasteiger partial charge in [-0.2, -0.15) is 4.91 Å². The van der Waals surface area contributed by atoms with Crippen molar-refractivity contribution in [3.8, 4) is 0 Å². The van der Waals surface area contributed by atoms with Gasteiger partial charge in [0.25, 0.3) is 0 Å². The van der Waals surface area contributed by atoms with E-state index >= 15 is 0 Å². The maximum Gasteiger partial charge on any atom is 0.337 e. The van der Waals surface area contributed by atoms with Crippen LogP contribution in [0.25, 0.3) is 5.57 Å². The minimum Gasteiger partial charge on any atom is -0.465 e. The molecule has 4 saturated carbocycles. The maximum absolute atomic E-state index is 12.1. The summed E-state index contributed by atoms with van der Waals surface area (Å²) in [5.74, 6) is 2.75. The van der Waals surface area contributed by atoms with E-state index in [4.69, 9.17) is 4.74 Å². The van der Waals surface area contributed by atoms with Crippen LogP contribution in [0.2, 0.25) is 0 Å². The number of hydrogen-bond donors (Lipinski definition) is 0. The van der Waals surface area contributed by atoms with Gasteiger partial charge in [0.2, 0.25) is 0 Å². The Hall–Kier alpha value is -2.23. The Bertz CT molecular complexity index is 1310. The zero-order valence-electron chi connectivity index (χ0n) is 27.2. The van der Waals surface area contributed by atoms with E-state index in [-0.39, 0.29) is 33.0 Å². The van der Waals surface area contributed by atoms with Crippen molar-refractivity contribution >= 4 is 11.5 Å². The monoisotopic (exact) mass is 571 g/mol. The van der Waals surface area contributed by atoms with Crippen molar-refractivity contribution in [3.63, 3.8) is 0 Å². The molecule has 42 heavy (non-hydrogen) atoms. The summed E-state index contributed by atoms with van der Waals surface area (Å²) in [6, 6.07) is 8.06. The molecule has 0 bridgehead atoms. The third-order valence-electron chi connectivity index (χ3n) is 14.8. The molecule has 4 nitrogen and oxygen atoms in total. The second kappa shape index (κ2) is 9.89. The first kappa shape index (κ1) is 29.8. The van der Waals surface area contributed by atoms with Gasteiger partial charge in [-0.05, 0) is 145 Å². The van der Waals surface area contributed by atoms with Crippen LogP contribution in [0, 0.1) is 61.6 Å². The highest BCUT2D eigenvalue weighted by atomic mass is 16.5. The minimum atomic E-state index is -0.281. The van der Waals surface area contributed by atoms with Crippen LogP contribution in [0.5, 0.6) is 0 Å². The predicted octanol–water partition coefficient (Wildman–Crippen LogP) is 9.89. The molecule has 0 heterocycles. The van der Waals surface area contributed by atoms with Crippen LogP contribution in [0.4, 0.5) is 0 Å². The average Bonchev–Trinajstić information content (AvgIpc) is 3.33. The van der Waals surface area contributed by atoms with Crippen LogP contribution < -0.4 is 0 Å². The summed E-state index contributed by atoms with van der Waals surface area (Å²) < 4.78 is 4.93. The zero-order chi connectivity index (χ0) is 30.3. The topological polar surface area (TPSA) is 55.7 Å². The minimum absolute atomic E-state index is 0.0483. The molecule has 0 spiro atoms. The van der Waals surface area contributed by atoms with Gasteiger partial charge in [0.05, 0.1) is 19.2 Å². The fourth-order valence-electron chi connectivity index (χ4n) is 12.7. The fraction of sp³-hybridized carbons (Fsp3) is 0.711. The van der Waals surface area contributed by atoms with Crippen molar-refractivity contribution in [2.75, 3.05) is 13.7 Å². The Morgan fingerprint density at radius 3 is 2.29 bits per heavy atom. The van der Waals surface area contributed by atoms with Crippen molar-refractivity contribution in [3.05, 3.63) is 58.5 Å². The molecular weight excluding hydrogens is 518 g/mol. The number of nitroso groups, excluding NO2 is 1. The zero-order valence-corrected chi connectivity index (χ0v) is 27.2. The van der Waals surface area contributed by atoms with Crippen LogP contribution in [-0.2, 0) is 4.74 Å². The lowest BCUT2D eigenvalue weighted by atomic mass is 9.32. The molecule has 0 unspecified atom stereocenters. The van der Waals surface area contributed by atoms with E-state index in [2.05, 4.69) is 71.5 Å². The van der Waals surface area contributed by atoms with E-state index in [1.807, 2.05) is 12.1 Å². The molecule has 0 amide bonds. The van der Waals surface area contributed by atoms with Crippen molar-refractivity contribution in [1.82, 2.24) is 0 Å². The smallest absolute Gasteiger partial charge is 0.337 e. The van der Waals surface area contributed by atoms with Gasteiger partial charge in [-0.1, -0.05) is 70.2 Å². The van der Waals surface area contributed by atoms with Gasteiger partial charge in [0.15, 0.2) is 0 Å². The Morgan fingerprint density at radius 2 is 1.64 bits per heavy atom. The molecule has 5 aliphatic carbocycles. The Labute approximate surface area is 254 Å². The molecule has 0 radical (unpaired) electrons. The standard InChI is InChI=1S/C38H53NO3/c1-24(2)27-15-20-38(23-39-41)22-21-36(6)29(32(27)38)13-14-31-35(5)18-16-28(25-9-11-26(12-10-25)33(40)42-8)34(3,4)30(35)17-19-37(31,36)7/h9-12,16,27,29-32H,1,13-15,17-23H2,2-8H3/t27-,29+,30-,31+,32+,35-,36+,37+,38+/m0/s1. The largest absolute Gasteiger partial charge is 0.465 e. The summed E-state index contributed by atoms with van der Waals surface area (Å²) in [4.78, 5) is 23.8. The number of ether oxygens (including phenoxy) is 1. The highest BCUT2D eigenvalue weighted by Crippen LogP contribution is 2.77. The number of hydrogen-bond acceptors (Lipinski definition) is 4. The number of methoxy groups -OCH3 is 1. The molecule has 1 aromatic carbocycles. The summed E-state index contributed by atoms with van der Waals surface area (Å²) in [5, 5.41) is 3.57. The fourth-order valence-corrected chi connectivity index (χ4v) is 12.7. The number of nitrogens with zero attached hydrogens (tertiary/aromatic N) is 1. The first-order valence-electron chi connectivity index (χ1n) is 16.6. The summed E-state index contributed by atoms with van der Waals surface area (Å²) in [5.41, 5.74) is 5.55. The molecule has 5 aliphatic rings. The molecule has 1 aromatic rings. The van der Waals surface area contributed by atoms with Gasteiger partial charge in [0, 0.05) is 0 Å². The number of benzene rings is 1. The number of carbonyl (C=O) groups is 1. The van der Waals surface area contributed by atoms with Gasteiger partial charge in [-0.15, -0.1) is 0 Å². The summed E-state index contributed by atoms with van der Waals surface area (Å²) >= 11 is 0. The Balaban J connectivity index is 1.35. The van der Waals surface area contributed by atoms with Crippen LogP contribution in [0.3, 0.4) is 0 Å². The lowest BCUT2D eigenvalue weighted by Gasteiger charge is -2.72. The lowest BCUT2D eigenvalue weighted by molar-refractivity contribution is -0.224. The summed E-state index contributed by atoms with van der Waals surface area (Å²) in [6.07, 6.45) is 13.5. The predicted molar refractivity (Wildman–Crippen MR) is 171 cm³/mol. The van der Waals surface area contributed by atoms with E-state index < -0.39 is 0 Å². The molecule has 228 valence electrons. The van der Waals surface area contributed by atoms with Gasteiger partial charge in [0.1, 0.15) is 0 Å². The van der Waals surface area contributed by atoms with Gasteiger partial charge in [-0.3, -0.25) is 0 Å². The SMILES string of the molecule is C=C(C)[C@@H]1CC[C@]2(CN=O)CC[C@]3(C)[C@H](CC[C@@H]4[C@@]5(C)CC=C(c6ccc(C(=O)OC)cc6)C(C)(C)[C@@H]5CC[C@]43C)[C@@H]12. The van der Waals surface area contributed by atoms with Crippen LogP contribution in [-0.4, -0.2) is 19.6 Å². The third kappa shape index (κ3) is 3.88. The van der Waals surface area contributed by atoms with Crippen molar-refractivity contribution in [2.24, 2.45) is 61.8 Å². The van der Waals surface area contributed by atoms with E-state index in [9.17, 15) is 9.70 Å². The normalized spacial score (nSPS) is 43.6. The molecule has 9 atom stereocenters. The lowest BCUT2D eigenvalue weighted by Crippen LogP contribution is -2.65. The quantitative estimate of drug-likeness (QED) is 0.201. The molecule has 0 saturated heterocycles. The number of carbonyl (C=O) groups excluding carboxylic acids is 1. The van der Waals surface area contributed by atoms with Crippen molar-refractivity contribution in [1.29, 1.82) is 0 Å². The molecule has 6 rings (SSSR count). The second-order valence-corrected chi connectivity index (χ2v) is 16.4. The average molecular weight is 572 g/mol. The maximum atomic E-state index is 12.1. The first-order chi connectivity index (χ1) is 19.8. The number of rotatable bonds is 5. The van der Waals surface area contributed by atoms with E-state index in [1.54, 1.807) is 0 Å². The van der Waals surface area contributed by atoms with E-state index in [1.165, 1.54) is 62.3 Å².